The molecule has 0 aliphatic heterocycles. The molecule has 0 radical (unpaired) electrons. The zero-order chi connectivity index (χ0) is 16.5. The summed E-state index contributed by atoms with van der Waals surface area (Å²) in [6, 6.07) is 24.3. The van der Waals surface area contributed by atoms with E-state index in [2.05, 4.69) is 31.2 Å². The molecule has 0 amide bonds. The van der Waals surface area contributed by atoms with E-state index in [-0.39, 0.29) is 22.8 Å². The average Bonchev–Trinajstić information content (AvgIpc) is 2.64. The van der Waals surface area contributed by atoms with Crippen molar-refractivity contribution in [1.82, 2.24) is 0 Å². The Kier molecular flexibility index (Phi) is 4.95. The minimum atomic E-state index is 0. The van der Waals surface area contributed by atoms with Crippen LogP contribution in [0, 0.1) is 6.92 Å². The Balaban J connectivity index is 0.00000182. The van der Waals surface area contributed by atoms with Gasteiger partial charge in [0.05, 0.1) is 0 Å². The number of hydrogen-bond acceptors (Lipinski definition) is 1. The molecule has 0 bridgehead atoms. The Morgan fingerprint density at radius 3 is 2.44 bits per heavy atom. The largest absolute Gasteiger partial charge is 0.287 e. The van der Waals surface area contributed by atoms with Crippen molar-refractivity contribution in [3.63, 3.8) is 0 Å². The number of nitrogens with zero attached hydrogens (tertiary/aromatic N) is 1. The highest BCUT2D eigenvalue weighted by Crippen LogP contribution is 2.17. The van der Waals surface area contributed by atoms with Gasteiger partial charge in [-0.2, -0.15) is 4.57 Å². The Morgan fingerprint density at radius 1 is 0.880 bits per heavy atom. The van der Waals surface area contributed by atoms with E-state index in [1.165, 1.54) is 10.9 Å². The van der Waals surface area contributed by atoms with E-state index in [0.29, 0.717) is 6.54 Å². The van der Waals surface area contributed by atoms with E-state index in [4.69, 9.17) is 0 Å². The van der Waals surface area contributed by atoms with Crippen molar-refractivity contribution >= 4 is 44.4 Å². The lowest BCUT2D eigenvalue weighted by Crippen LogP contribution is -2.38. The summed E-state index contributed by atoms with van der Waals surface area (Å²) in [6.07, 6.45) is 2.00. The molecule has 4 aromatic rings. The molecule has 0 saturated carbocycles. The molecule has 1 aromatic heterocycles. The third kappa shape index (κ3) is 3.33. The highest BCUT2D eigenvalue weighted by molar-refractivity contribution is 8.93. The van der Waals surface area contributed by atoms with Crippen LogP contribution in [0.3, 0.4) is 0 Å². The molecule has 2 nitrogen and oxygen atoms in total. The van der Waals surface area contributed by atoms with Crippen molar-refractivity contribution in [1.29, 1.82) is 0 Å². The standard InChI is InChI=1S/C22H18NO.BrH/c1-16-12-13-23(21-9-5-4-8-20(16)21)15-22(24)19-11-10-17-6-2-3-7-18(17)14-19;/h2-14H,15H2,1H3;1H/q+1;. The molecule has 3 heteroatoms. The number of fused-ring (bicyclic) bond motifs is 2. The van der Waals surface area contributed by atoms with Gasteiger partial charge in [-0.1, -0.05) is 48.5 Å². The van der Waals surface area contributed by atoms with Crippen LogP contribution in [0.5, 0.6) is 0 Å². The van der Waals surface area contributed by atoms with Gasteiger partial charge in [0.2, 0.25) is 17.8 Å². The molecule has 25 heavy (non-hydrogen) atoms. The van der Waals surface area contributed by atoms with Gasteiger partial charge < -0.3 is 0 Å². The maximum absolute atomic E-state index is 12.8. The van der Waals surface area contributed by atoms with E-state index in [1.807, 2.05) is 59.3 Å². The topological polar surface area (TPSA) is 20.9 Å². The highest BCUT2D eigenvalue weighted by Gasteiger charge is 2.16. The average molecular weight is 393 g/mol. The van der Waals surface area contributed by atoms with Crippen molar-refractivity contribution in [3.8, 4) is 0 Å². The van der Waals surface area contributed by atoms with Crippen molar-refractivity contribution in [2.24, 2.45) is 0 Å². The second kappa shape index (κ2) is 7.16. The summed E-state index contributed by atoms with van der Waals surface area (Å²) in [5, 5.41) is 3.44. The van der Waals surface area contributed by atoms with Crippen molar-refractivity contribution < 1.29 is 9.36 Å². The Hall–Kier alpha value is -2.52. The first-order valence-corrected chi connectivity index (χ1v) is 8.12. The van der Waals surface area contributed by atoms with Gasteiger partial charge >= 0.3 is 0 Å². The van der Waals surface area contributed by atoms with Crippen LogP contribution in [0.25, 0.3) is 21.7 Å². The van der Waals surface area contributed by atoms with Crippen molar-refractivity contribution in [2.45, 2.75) is 13.5 Å². The highest BCUT2D eigenvalue weighted by atomic mass is 79.9. The fourth-order valence-electron chi connectivity index (χ4n) is 3.18. The van der Waals surface area contributed by atoms with E-state index >= 15 is 0 Å². The summed E-state index contributed by atoms with van der Waals surface area (Å²) in [5.41, 5.74) is 3.07. The zero-order valence-electron chi connectivity index (χ0n) is 14.0. The zero-order valence-corrected chi connectivity index (χ0v) is 15.7. The number of carbonyl (C=O) groups excluding carboxylic acids is 1. The van der Waals surface area contributed by atoms with E-state index in [9.17, 15) is 4.79 Å². The first-order valence-electron chi connectivity index (χ1n) is 8.12. The van der Waals surface area contributed by atoms with E-state index in [0.717, 1.165) is 21.9 Å². The smallest absolute Gasteiger partial charge is 0.227 e. The van der Waals surface area contributed by atoms with Crippen LogP contribution in [0.15, 0.2) is 79.0 Å². The number of rotatable bonds is 3. The molecule has 0 spiro atoms. The van der Waals surface area contributed by atoms with Gasteiger partial charge in [0.15, 0.2) is 6.20 Å². The van der Waals surface area contributed by atoms with Crippen LogP contribution < -0.4 is 4.57 Å². The predicted octanol–water partition coefficient (Wildman–Crippen LogP) is 5.05. The Labute approximate surface area is 157 Å². The minimum Gasteiger partial charge on any atom is -0.287 e. The maximum Gasteiger partial charge on any atom is 0.227 e. The third-order valence-corrected chi connectivity index (χ3v) is 4.53. The monoisotopic (exact) mass is 392 g/mol. The molecule has 0 unspecified atom stereocenters. The fraction of sp³-hybridized carbons (Fsp3) is 0.0909. The molecule has 0 aliphatic rings. The number of Topliss-reactive ketones (excluding diaryl/α,β-unsaturated/α-hetero) is 1. The van der Waals surface area contributed by atoms with Crippen molar-refractivity contribution in [3.05, 3.63) is 90.1 Å². The summed E-state index contributed by atoms with van der Waals surface area (Å²) < 4.78 is 2.03. The molecule has 1 heterocycles. The molecule has 0 aliphatic carbocycles. The summed E-state index contributed by atoms with van der Waals surface area (Å²) >= 11 is 0. The Bertz CT molecular complexity index is 1070. The molecule has 0 saturated heterocycles. The van der Waals surface area contributed by atoms with Crippen LogP contribution in [0.2, 0.25) is 0 Å². The van der Waals surface area contributed by atoms with Crippen molar-refractivity contribution in [2.75, 3.05) is 0 Å². The fourth-order valence-corrected chi connectivity index (χ4v) is 3.18. The van der Waals surface area contributed by atoms with E-state index in [1.54, 1.807) is 0 Å². The predicted molar refractivity (Wildman–Crippen MR) is 107 cm³/mol. The van der Waals surface area contributed by atoms with Gasteiger partial charge in [0.1, 0.15) is 0 Å². The number of ketones is 1. The quantitative estimate of drug-likeness (QED) is 0.353. The number of pyridine rings is 1. The second-order valence-corrected chi connectivity index (χ2v) is 6.13. The van der Waals surface area contributed by atoms with Crippen LogP contribution in [0.1, 0.15) is 15.9 Å². The number of halogens is 1. The number of aryl methyl sites for hydroxylation is 1. The van der Waals surface area contributed by atoms with Gasteiger partial charge in [-0.05, 0) is 35.4 Å². The molecular weight excluding hydrogens is 374 g/mol. The van der Waals surface area contributed by atoms with Gasteiger partial charge in [-0.25, -0.2) is 0 Å². The molecule has 124 valence electrons. The molecule has 0 N–H and O–H groups in total. The number of aromatic nitrogens is 1. The van der Waals surface area contributed by atoms with Gasteiger partial charge in [-0.3, -0.25) is 4.79 Å². The maximum atomic E-state index is 12.8. The first kappa shape index (κ1) is 17.3. The lowest BCUT2D eigenvalue weighted by Gasteiger charge is -2.05. The molecule has 3 aromatic carbocycles. The molecule has 4 rings (SSSR count). The molecule has 0 fully saturated rings. The van der Waals surface area contributed by atoms with Crippen LogP contribution in [0.4, 0.5) is 0 Å². The van der Waals surface area contributed by atoms with Crippen LogP contribution in [-0.4, -0.2) is 5.78 Å². The summed E-state index contributed by atoms with van der Waals surface area (Å²) in [7, 11) is 0. The Morgan fingerprint density at radius 2 is 1.60 bits per heavy atom. The van der Waals surface area contributed by atoms with E-state index < -0.39 is 0 Å². The number of benzene rings is 3. The number of para-hydroxylation sites is 1. The third-order valence-electron chi connectivity index (χ3n) is 4.53. The summed E-state index contributed by atoms with van der Waals surface area (Å²) in [6.45, 7) is 2.44. The van der Waals surface area contributed by atoms with Crippen LogP contribution in [-0.2, 0) is 6.54 Å². The minimum absolute atomic E-state index is 0. The molecular formula is C22H19BrNO+. The lowest BCUT2D eigenvalue weighted by molar-refractivity contribution is -0.657. The first-order chi connectivity index (χ1) is 11.7. The second-order valence-electron chi connectivity index (χ2n) is 6.13. The summed E-state index contributed by atoms with van der Waals surface area (Å²) in [4.78, 5) is 12.8. The number of carbonyl (C=O) groups is 1. The lowest BCUT2D eigenvalue weighted by atomic mass is 10.0. The van der Waals surface area contributed by atoms with Gasteiger partial charge in [0.25, 0.3) is 0 Å². The SMILES string of the molecule is Br.Cc1cc[n+](CC(=O)c2ccc3ccccc3c2)c2ccccc12. The van der Waals surface area contributed by atoms with Crippen LogP contribution >= 0.6 is 17.0 Å². The number of hydrogen-bond donors (Lipinski definition) is 0. The molecule has 0 atom stereocenters. The van der Waals surface area contributed by atoms with Gasteiger partial charge in [-0.15, -0.1) is 17.0 Å². The normalized spacial score (nSPS) is 10.6. The van der Waals surface area contributed by atoms with Gasteiger partial charge in [0, 0.05) is 23.1 Å². The summed E-state index contributed by atoms with van der Waals surface area (Å²) in [5.74, 6) is 0.125.